The molecule has 1 fully saturated rings. The number of carbonyl (C=O) groups is 1. The van der Waals surface area contributed by atoms with Gasteiger partial charge >= 0.3 is 0 Å². The third-order valence-corrected chi connectivity index (χ3v) is 4.36. The van der Waals surface area contributed by atoms with Gasteiger partial charge in [-0.05, 0) is 25.1 Å². The summed E-state index contributed by atoms with van der Waals surface area (Å²) in [6, 6.07) is 5.61. The van der Waals surface area contributed by atoms with Crippen LogP contribution in [-0.2, 0) is 4.74 Å². The van der Waals surface area contributed by atoms with Gasteiger partial charge in [0, 0.05) is 37.9 Å². The first kappa shape index (κ1) is 19.3. The van der Waals surface area contributed by atoms with Crippen molar-refractivity contribution < 1.29 is 13.9 Å². The third kappa shape index (κ3) is 5.27. The van der Waals surface area contributed by atoms with Crippen molar-refractivity contribution in [3.63, 3.8) is 0 Å². The third-order valence-electron chi connectivity index (χ3n) is 4.05. The maximum absolute atomic E-state index is 13.1. The second-order valence-corrected chi connectivity index (χ2v) is 6.50. The number of morpholine rings is 1. The van der Waals surface area contributed by atoms with Gasteiger partial charge in [-0.1, -0.05) is 11.6 Å². The molecule has 1 aliphatic rings. The van der Waals surface area contributed by atoms with E-state index in [1.54, 1.807) is 0 Å². The van der Waals surface area contributed by atoms with E-state index >= 15 is 0 Å². The van der Waals surface area contributed by atoms with Gasteiger partial charge in [-0.25, -0.2) is 9.37 Å². The van der Waals surface area contributed by atoms with Crippen LogP contribution in [0.15, 0.2) is 24.3 Å². The number of hydrogen-bond acceptors (Lipinski definition) is 6. The average molecular weight is 394 g/mol. The van der Waals surface area contributed by atoms with E-state index < -0.39 is 5.82 Å². The van der Waals surface area contributed by atoms with Crippen LogP contribution in [0.2, 0.25) is 5.02 Å². The molecule has 1 saturated heterocycles. The lowest BCUT2D eigenvalue weighted by atomic mass is 10.2. The number of rotatable bonds is 6. The largest absolute Gasteiger partial charge is 0.378 e. The molecule has 0 bridgehead atoms. The number of hydrogen-bond donors (Lipinski definition) is 2. The molecule has 2 aromatic rings. The number of amides is 1. The fraction of sp³-hybridized carbons (Fsp3) is 0.389. The van der Waals surface area contributed by atoms with E-state index in [4.69, 9.17) is 16.3 Å². The van der Waals surface area contributed by atoms with Gasteiger partial charge in [0.2, 0.25) is 5.95 Å². The molecule has 2 heterocycles. The molecule has 0 atom stereocenters. The number of aromatic nitrogens is 2. The number of carbonyl (C=O) groups excluding carboxylic acids is 1. The van der Waals surface area contributed by atoms with Crippen LogP contribution in [0.4, 0.5) is 16.2 Å². The molecule has 7 nitrogen and oxygen atoms in total. The fourth-order valence-corrected chi connectivity index (χ4v) is 2.96. The molecule has 2 N–H and O–H groups in total. The predicted octanol–water partition coefficient (Wildman–Crippen LogP) is 2.26. The summed E-state index contributed by atoms with van der Waals surface area (Å²) < 4.78 is 18.4. The van der Waals surface area contributed by atoms with Crippen molar-refractivity contribution >= 4 is 29.3 Å². The van der Waals surface area contributed by atoms with Crippen LogP contribution in [0.5, 0.6) is 0 Å². The molecule has 1 aromatic carbocycles. The second-order valence-electron chi connectivity index (χ2n) is 6.10. The topological polar surface area (TPSA) is 79.4 Å². The molecule has 0 unspecified atom stereocenters. The zero-order chi connectivity index (χ0) is 19.2. The smallest absolute Gasteiger partial charge is 0.252 e. The number of nitrogens with one attached hydrogen (secondary N) is 2. The minimum Gasteiger partial charge on any atom is -0.378 e. The Morgan fingerprint density at radius 1 is 1.26 bits per heavy atom. The minimum atomic E-state index is -0.481. The van der Waals surface area contributed by atoms with Gasteiger partial charge in [-0.3, -0.25) is 4.79 Å². The molecular formula is C18H21ClFN5O2. The van der Waals surface area contributed by atoms with Crippen LogP contribution in [0.3, 0.4) is 0 Å². The van der Waals surface area contributed by atoms with Gasteiger partial charge < -0.3 is 20.3 Å². The van der Waals surface area contributed by atoms with Crippen LogP contribution in [0, 0.1) is 12.7 Å². The average Bonchev–Trinajstić information content (AvgIpc) is 2.65. The van der Waals surface area contributed by atoms with Crippen molar-refractivity contribution in [3.05, 3.63) is 46.4 Å². The Morgan fingerprint density at radius 3 is 2.78 bits per heavy atom. The van der Waals surface area contributed by atoms with Crippen molar-refractivity contribution in [1.82, 2.24) is 15.3 Å². The molecule has 9 heteroatoms. The summed E-state index contributed by atoms with van der Waals surface area (Å²) in [6.45, 7) is 5.66. The first-order valence-electron chi connectivity index (χ1n) is 8.68. The molecule has 1 aromatic heterocycles. The molecule has 0 aliphatic carbocycles. The summed E-state index contributed by atoms with van der Waals surface area (Å²) in [7, 11) is 0. The summed E-state index contributed by atoms with van der Waals surface area (Å²) in [4.78, 5) is 23.2. The Bertz CT molecular complexity index is 814. The predicted molar refractivity (Wildman–Crippen MR) is 102 cm³/mol. The van der Waals surface area contributed by atoms with Crippen LogP contribution in [0.25, 0.3) is 0 Å². The number of anilines is 2. The Kier molecular flexibility index (Phi) is 6.41. The maximum Gasteiger partial charge on any atom is 0.252 e. The Labute approximate surface area is 161 Å². The van der Waals surface area contributed by atoms with Gasteiger partial charge in [0.25, 0.3) is 5.91 Å². The number of ether oxygens (including phenoxy) is 1. The van der Waals surface area contributed by atoms with E-state index in [0.29, 0.717) is 32.3 Å². The number of aryl methyl sites for hydroxylation is 1. The lowest BCUT2D eigenvalue weighted by molar-refractivity contribution is 0.0955. The standard InChI is InChI=1S/C18H21ClFN5O2/c1-12-10-16(25-6-8-27-9-7-25)24-18(23-12)22-5-4-21-17(26)14-3-2-13(20)11-15(14)19/h2-3,10-11H,4-9H2,1H3,(H,21,26)(H,22,23,24). The van der Waals surface area contributed by atoms with Crippen LogP contribution in [-0.4, -0.2) is 55.3 Å². The highest BCUT2D eigenvalue weighted by atomic mass is 35.5. The van der Waals surface area contributed by atoms with E-state index in [1.807, 2.05) is 13.0 Å². The molecule has 144 valence electrons. The lowest BCUT2D eigenvalue weighted by Crippen LogP contribution is -2.37. The van der Waals surface area contributed by atoms with Crippen LogP contribution < -0.4 is 15.5 Å². The molecule has 27 heavy (non-hydrogen) atoms. The van der Waals surface area contributed by atoms with Gasteiger partial charge in [0.15, 0.2) is 0 Å². The molecular weight excluding hydrogens is 373 g/mol. The number of benzene rings is 1. The quantitative estimate of drug-likeness (QED) is 0.733. The van der Waals surface area contributed by atoms with E-state index in [2.05, 4.69) is 25.5 Å². The molecule has 0 saturated carbocycles. The normalized spacial score (nSPS) is 14.1. The SMILES string of the molecule is Cc1cc(N2CCOCC2)nc(NCCNC(=O)c2ccc(F)cc2Cl)n1. The zero-order valence-electron chi connectivity index (χ0n) is 15.0. The van der Waals surface area contributed by atoms with Crippen molar-refractivity contribution in [3.8, 4) is 0 Å². The highest BCUT2D eigenvalue weighted by Gasteiger charge is 2.14. The van der Waals surface area contributed by atoms with Crippen LogP contribution >= 0.6 is 11.6 Å². The van der Waals surface area contributed by atoms with E-state index in [-0.39, 0.29) is 16.5 Å². The van der Waals surface area contributed by atoms with Gasteiger partial charge in [0.1, 0.15) is 11.6 Å². The molecule has 1 aliphatic heterocycles. The van der Waals surface area contributed by atoms with Gasteiger partial charge in [0.05, 0.1) is 23.8 Å². The zero-order valence-corrected chi connectivity index (χ0v) is 15.7. The highest BCUT2D eigenvalue weighted by Crippen LogP contribution is 2.17. The number of nitrogens with zero attached hydrogens (tertiary/aromatic N) is 3. The first-order chi connectivity index (χ1) is 13.0. The summed E-state index contributed by atoms with van der Waals surface area (Å²) in [5.41, 5.74) is 1.09. The van der Waals surface area contributed by atoms with Gasteiger partial charge in [-0.2, -0.15) is 4.98 Å². The summed E-state index contributed by atoms with van der Waals surface area (Å²) >= 11 is 5.89. The summed E-state index contributed by atoms with van der Waals surface area (Å²) in [6.07, 6.45) is 0. The van der Waals surface area contributed by atoms with E-state index in [0.717, 1.165) is 30.7 Å². The monoisotopic (exact) mass is 393 g/mol. The molecule has 0 spiro atoms. The Morgan fingerprint density at radius 2 is 2.04 bits per heavy atom. The summed E-state index contributed by atoms with van der Waals surface area (Å²) in [5.74, 6) is 0.521. The molecule has 3 rings (SSSR count). The Hall–Kier alpha value is -2.45. The second kappa shape index (κ2) is 8.96. The molecule has 0 radical (unpaired) electrons. The van der Waals surface area contributed by atoms with Crippen molar-refractivity contribution in [2.24, 2.45) is 0 Å². The van der Waals surface area contributed by atoms with Crippen molar-refractivity contribution in [1.29, 1.82) is 0 Å². The van der Waals surface area contributed by atoms with E-state index in [1.165, 1.54) is 12.1 Å². The van der Waals surface area contributed by atoms with Crippen molar-refractivity contribution in [2.45, 2.75) is 6.92 Å². The first-order valence-corrected chi connectivity index (χ1v) is 9.06. The van der Waals surface area contributed by atoms with Crippen LogP contribution in [0.1, 0.15) is 16.1 Å². The minimum absolute atomic E-state index is 0.0811. The number of halogens is 2. The summed E-state index contributed by atoms with van der Waals surface area (Å²) in [5, 5.41) is 5.92. The van der Waals surface area contributed by atoms with E-state index in [9.17, 15) is 9.18 Å². The fourth-order valence-electron chi connectivity index (χ4n) is 2.70. The van der Waals surface area contributed by atoms with Crippen molar-refractivity contribution in [2.75, 3.05) is 49.6 Å². The Balaban J connectivity index is 1.52. The molecule has 1 amide bonds. The highest BCUT2D eigenvalue weighted by molar-refractivity contribution is 6.33. The lowest BCUT2D eigenvalue weighted by Gasteiger charge is -2.28. The van der Waals surface area contributed by atoms with Gasteiger partial charge in [-0.15, -0.1) is 0 Å². The maximum atomic E-state index is 13.1.